The molecule has 2 aromatic carbocycles. The summed E-state index contributed by atoms with van der Waals surface area (Å²) in [6, 6.07) is 10.6. The van der Waals surface area contributed by atoms with Crippen LogP contribution in [0.15, 0.2) is 42.5 Å². The number of ketones is 1. The molecule has 0 radical (unpaired) electrons. The Labute approximate surface area is 156 Å². The molecule has 1 atom stereocenters. The standard InChI is InChI=1S/C20H21FN2O4/c1-12-9-16(18(10-17(12)21)23-14(3)24)19(25)13(2)22-20(26)27-11-15-7-5-4-6-8-15/h4-10,13H,11H2,1-3H3,(H,22,26)(H,23,24)/t13-/m1/s1. The van der Waals surface area contributed by atoms with E-state index in [-0.39, 0.29) is 23.4 Å². The number of benzene rings is 2. The van der Waals surface area contributed by atoms with Crippen LogP contribution in [-0.2, 0) is 16.1 Å². The van der Waals surface area contributed by atoms with Crippen molar-refractivity contribution in [3.63, 3.8) is 0 Å². The number of anilines is 1. The fourth-order valence-corrected chi connectivity index (χ4v) is 2.42. The number of hydrogen-bond donors (Lipinski definition) is 2. The summed E-state index contributed by atoms with van der Waals surface area (Å²) in [5.74, 6) is -1.45. The summed E-state index contributed by atoms with van der Waals surface area (Å²) in [6.07, 6.45) is -0.750. The largest absolute Gasteiger partial charge is 0.445 e. The van der Waals surface area contributed by atoms with Gasteiger partial charge in [-0.15, -0.1) is 0 Å². The van der Waals surface area contributed by atoms with Crippen molar-refractivity contribution >= 4 is 23.5 Å². The highest BCUT2D eigenvalue weighted by molar-refractivity contribution is 6.07. The molecule has 0 heterocycles. The molecule has 6 nitrogen and oxygen atoms in total. The zero-order chi connectivity index (χ0) is 20.0. The van der Waals surface area contributed by atoms with Gasteiger partial charge in [0.1, 0.15) is 12.4 Å². The minimum Gasteiger partial charge on any atom is -0.445 e. The second-order valence-corrected chi connectivity index (χ2v) is 6.12. The molecule has 0 fully saturated rings. The Balaban J connectivity index is 2.06. The second kappa shape index (κ2) is 8.93. The fourth-order valence-electron chi connectivity index (χ4n) is 2.42. The SMILES string of the molecule is CC(=O)Nc1cc(F)c(C)cc1C(=O)[C@@H](C)NC(=O)OCc1ccccc1. The zero-order valence-electron chi connectivity index (χ0n) is 15.3. The Morgan fingerprint density at radius 1 is 1.15 bits per heavy atom. The third-order valence-corrected chi connectivity index (χ3v) is 3.82. The Morgan fingerprint density at radius 2 is 1.81 bits per heavy atom. The topological polar surface area (TPSA) is 84.5 Å². The first-order chi connectivity index (χ1) is 12.8. The molecule has 0 aliphatic heterocycles. The summed E-state index contributed by atoms with van der Waals surface area (Å²) in [7, 11) is 0. The first kappa shape index (κ1) is 20.1. The summed E-state index contributed by atoms with van der Waals surface area (Å²) in [5, 5.41) is 4.88. The molecule has 0 unspecified atom stereocenters. The number of amides is 2. The van der Waals surface area contributed by atoms with E-state index in [1.54, 1.807) is 0 Å². The summed E-state index contributed by atoms with van der Waals surface area (Å²) in [4.78, 5) is 35.9. The lowest BCUT2D eigenvalue weighted by Gasteiger charge is -2.16. The molecule has 7 heteroatoms. The van der Waals surface area contributed by atoms with Gasteiger partial charge in [-0.2, -0.15) is 0 Å². The average Bonchev–Trinajstić information content (AvgIpc) is 2.62. The van der Waals surface area contributed by atoms with Gasteiger partial charge in [-0.1, -0.05) is 30.3 Å². The Morgan fingerprint density at radius 3 is 2.44 bits per heavy atom. The molecule has 0 saturated heterocycles. The van der Waals surface area contributed by atoms with Crippen LogP contribution in [0.5, 0.6) is 0 Å². The van der Waals surface area contributed by atoms with E-state index in [4.69, 9.17) is 4.74 Å². The number of nitrogens with one attached hydrogen (secondary N) is 2. The van der Waals surface area contributed by atoms with Gasteiger partial charge in [0.05, 0.1) is 11.7 Å². The van der Waals surface area contributed by atoms with Gasteiger partial charge in [0.15, 0.2) is 5.78 Å². The number of carbonyl (C=O) groups excluding carboxylic acids is 3. The monoisotopic (exact) mass is 372 g/mol. The van der Waals surface area contributed by atoms with E-state index >= 15 is 0 Å². The number of Topliss-reactive ketones (excluding diaryl/α,β-unsaturated/α-hetero) is 1. The van der Waals surface area contributed by atoms with Crippen molar-refractivity contribution in [3.8, 4) is 0 Å². The number of alkyl carbamates (subject to hydrolysis) is 1. The third-order valence-electron chi connectivity index (χ3n) is 3.82. The number of halogens is 1. The number of ether oxygens (including phenoxy) is 1. The summed E-state index contributed by atoms with van der Waals surface area (Å²) in [5.41, 5.74) is 1.24. The van der Waals surface area contributed by atoms with Gasteiger partial charge in [0.2, 0.25) is 5.91 Å². The molecule has 0 saturated carbocycles. The molecule has 0 aromatic heterocycles. The van der Waals surface area contributed by atoms with Crippen LogP contribution in [0.25, 0.3) is 0 Å². The maximum atomic E-state index is 13.8. The van der Waals surface area contributed by atoms with Crippen LogP contribution in [0, 0.1) is 12.7 Å². The van der Waals surface area contributed by atoms with Gasteiger partial charge in [0.25, 0.3) is 0 Å². The normalized spacial score (nSPS) is 11.4. The highest BCUT2D eigenvalue weighted by Crippen LogP contribution is 2.22. The minimum atomic E-state index is -0.925. The predicted molar refractivity (Wildman–Crippen MR) is 99.0 cm³/mol. The van der Waals surface area contributed by atoms with Crippen molar-refractivity contribution in [2.45, 2.75) is 33.4 Å². The van der Waals surface area contributed by atoms with Gasteiger partial charge in [-0.3, -0.25) is 9.59 Å². The highest BCUT2D eigenvalue weighted by atomic mass is 19.1. The molecular formula is C20H21FN2O4. The van der Waals surface area contributed by atoms with Crippen molar-refractivity contribution in [2.75, 3.05) is 5.32 Å². The lowest BCUT2D eigenvalue weighted by atomic mass is 10.0. The number of aryl methyl sites for hydroxylation is 1. The van der Waals surface area contributed by atoms with E-state index in [1.807, 2.05) is 30.3 Å². The van der Waals surface area contributed by atoms with Crippen LogP contribution in [0.1, 0.15) is 35.3 Å². The van der Waals surface area contributed by atoms with Crippen LogP contribution in [0.4, 0.5) is 14.9 Å². The molecule has 142 valence electrons. The van der Waals surface area contributed by atoms with Gasteiger partial charge >= 0.3 is 6.09 Å². The Kier molecular flexibility index (Phi) is 6.65. The summed E-state index contributed by atoms with van der Waals surface area (Å²) < 4.78 is 18.9. The molecule has 2 N–H and O–H groups in total. The van der Waals surface area contributed by atoms with Crippen LogP contribution in [0.2, 0.25) is 0 Å². The number of carbonyl (C=O) groups is 3. The molecule has 0 spiro atoms. The van der Waals surface area contributed by atoms with E-state index in [2.05, 4.69) is 10.6 Å². The molecule has 2 rings (SSSR count). The molecule has 0 bridgehead atoms. The maximum absolute atomic E-state index is 13.8. The predicted octanol–water partition coefficient (Wildman–Crippen LogP) is 3.59. The van der Waals surface area contributed by atoms with Crippen molar-refractivity contribution in [1.82, 2.24) is 5.32 Å². The first-order valence-electron chi connectivity index (χ1n) is 8.37. The van der Waals surface area contributed by atoms with Gasteiger partial charge in [-0.05, 0) is 37.1 Å². The van der Waals surface area contributed by atoms with Gasteiger partial charge in [-0.25, -0.2) is 9.18 Å². The van der Waals surface area contributed by atoms with Gasteiger partial charge in [0, 0.05) is 12.5 Å². The van der Waals surface area contributed by atoms with Crippen LogP contribution < -0.4 is 10.6 Å². The van der Waals surface area contributed by atoms with E-state index in [0.29, 0.717) is 0 Å². The quantitative estimate of drug-likeness (QED) is 0.759. The van der Waals surface area contributed by atoms with Gasteiger partial charge < -0.3 is 15.4 Å². The Bertz CT molecular complexity index is 853. The molecule has 0 aliphatic carbocycles. The van der Waals surface area contributed by atoms with E-state index < -0.39 is 29.6 Å². The lowest BCUT2D eigenvalue weighted by Crippen LogP contribution is -2.39. The third kappa shape index (κ3) is 5.64. The highest BCUT2D eigenvalue weighted by Gasteiger charge is 2.22. The molecular weight excluding hydrogens is 351 g/mol. The van der Waals surface area contributed by atoms with E-state index in [9.17, 15) is 18.8 Å². The summed E-state index contributed by atoms with van der Waals surface area (Å²) in [6.45, 7) is 4.33. The van der Waals surface area contributed by atoms with Crippen molar-refractivity contribution < 1.29 is 23.5 Å². The molecule has 27 heavy (non-hydrogen) atoms. The zero-order valence-corrected chi connectivity index (χ0v) is 15.3. The lowest BCUT2D eigenvalue weighted by molar-refractivity contribution is -0.114. The van der Waals surface area contributed by atoms with E-state index in [0.717, 1.165) is 11.6 Å². The molecule has 0 aliphatic rings. The minimum absolute atomic E-state index is 0.0573. The van der Waals surface area contributed by atoms with Crippen molar-refractivity contribution in [3.05, 3.63) is 65.0 Å². The smallest absolute Gasteiger partial charge is 0.408 e. The molecule has 2 aromatic rings. The average molecular weight is 372 g/mol. The van der Waals surface area contributed by atoms with Crippen LogP contribution in [0.3, 0.4) is 0 Å². The first-order valence-corrected chi connectivity index (χ1v) is 8.37. The second-order valence-electron chi connectivity index (χ2n) is 6.12. The molecule has 2 amide bonds. The number of hydrogen-bond acceptors (Lipinski definition) is 4. The van der Waals surface area contributed by atoms with Crippen molar-refractivity contribution in [2.24, 2.45) is 0 Å². The maximum Gasteiger partial charge on any atom is 0.408 e. The Hall–Kier alpha value is -3.22. The summed E-state index contributed by atoms with van der Waals surface area (Å²) >= 11 is 0. The van der Waals surface area contributed by atoms with Crippen molar-refractivity contribution in [1.29, 1.82) is 0 Å². The fraction of sp³-hybridized carbons (Fsp3) is 0.250. The van der Waals surface area contributed by atoms with Crippen LogP contribution in [-0.4, -0.2) is 23.8 Å². The van der Waals surface area contributed by atoms with Crippen LogP contribution >= 0.6 is 0 Å². The van der Waals surface area contributed by atoms with E-state index in [1.165, 1.54) is 26.8 Å². The number of rotatable bonds is 6.